The number of nitrogens with one attached hydrogen (secondary N) is 2. The summed E-state index contributed by atoms with van der Waals surface area (Å²) in [6.45, 7) is 5.78. The Kier molecular flexibility index (Phi) is 5.81. The van der Waals surface area contributed by atoms with E-state index in [-0.39, 0.29) is 23.0 Å². The number of amides is 1. The van der Waals surface area contributed by atoms with Crippen LogP contribution in [0.4, 0.5) is 5.69 Å². The smallest absolute Gasteiger partial charge is 0.256 e. The third-order valence-corrected chi connectivity index (χ3v) is 6.36. The van der Waals surface area contributed by atoms with E-state index in [9.17, 15) is 13.2 Å². The van der Waals surface area contributed by atoms with Gasteiger partial charge in [-0.1, -0.05) is 6.07 Å². The van der Waals surface area contributed by atoms with Gasteiger partial charge in [0.15, 0.2) is 5.65 Å². The van der Waals surface area contributed by atoms with Crippen molar-refractivity contribution in [1.29, 1.82) is 0 Å². The predicted octanol–water partition coefficient (Wildman–Crippen LogP) is 3.64. The van der Waals surface area contributed by atoms with E-state index in [2.05, 4.69) is 20.1 Å². The van der Waals surface area contributed by atoms with Crippen molar-refractivity contribution >= 4 is 32.7 Å². The maximum absolute atomic E-state index is 12.9. The molecule has 0 bridgehead atoms. The van der Waals surface area contributed by atoms with Crippen LogP contribution < -0.4 is 10.0 Å². The summed E-state index contributed by atoms with van der Waals surface area (Å²) in [6, 6.07) is 9.72. The Labute approximate surface area is 185 Å². The van der Waals surface area contributed by atoms with Gasteiger partial charge in [0.05, 0.1) is 35.8 Å². The van der Waals surface area contributed by atoms with Crippen molar-refractivity contribution in [2.45, 2.75) is 38.3 Å². The number of aromatic nitrogens is 3. The van der Waals surface area contributed by atoms with E-state index < -0.39 is 15.9 Å². The van der Waals surface area contributed by atoms with Crippen molar-refractivity contribution in [3.63, 3.8) is 0 Å². The molecule has 1 amide bonds. The molecule has 32 heavy (non-hydrogen) atoms. The fraction of sp³-hybridized carbons (Fsp3) is 0.227. The van der Waals surface area contributed by atoms with E-state index in [1.54, 1.807) is 48.3 Å². The normalized spacial score (nSPS) is 11.9. The van der Waals surface area contributed by atoms with Crippen molar-refractivity contribution < 1.29 is 17.6 Å². The third-order valence-electron chi connectivity index (χ3n) is 4.96. The first-order valence-corrected chi connectivity index (χ1v) is 11.5. The fourth-order valence-electron chi connectivity index (χ4n) is 3.26. The lowest BCUT2D eigenvalue weighted by atomic mass is 10.1. The summed E-state index contributed by atoms with van der Waals surface area (Å²) in [5, 5.41) is 7.91. The van der Waals surface area contributed by atoms with Crippen LogP contribution in [0.25, 0.3) is 11.0 Å². The van der Waals surface area contributed by atoms with E-state index in [0.717, 1.165) is 11.0 Å². The summed E-state index contributed by atoms with van der Waals surface area (Å²) >= 11 is 0. The number of hydrogen-bond acceptors (Lipinski definition) is 6. The second-order valence-electron chi connectivity index (χ2n) is 7.65. The van der Waals surface area contributed by atoms with Gasteiger partial charge in [0.2, 0.25) is 10.0 Å². The Hall–Kier alpha value is -3.50. The molecule has 0 aliphatic carbocycles. The fourth-order valence-corrected chi connectivity index (χ4v) is 4.28. The standard InChI is InChI=1S/C22H23N5O4S/c1-14(2)27-21-16(11-24-27)9-17(12-23-21)26-22(28)20-10-19(7-6-15(20)3)32(29,30)25-13-18-5-4-8-31-18/h4-12,14,25H,13H2,1-3H3,(H,26,28). The molecule has 0 radical (unpaired) electrons. The Morgan fingerprint density at radius 3 is 2.72 bits per heavy atom. The maximum Gasteiger partial charge on any atom is 0.256 e. The van der Waals surface area contributed by atoms with Gasteiger partial charge in [-0.15, -0.1) is 0 Å². The number of carbonyl (C=O) groups excluding carboxylic acids is 1. The van der Waals surface area contributed by atoms with Gasteiger partial charge in [-0.05, 0) is 56.7 Å². The number of hydrogen-bond donors (Lipinski definition) is 2. The molecular weight excluding hydrogens is 430 g/mol. The van der Waals surface area contributed by atoms with Crippen LogP contribution in [0.3, 0.4) is 0 Å². The zero-order valence-corrected chi connectivity index (χ0v) is 18.7. The van der Waals surface area contributed by atoms with Gasteiger partial charge >= 0.3 is 0 Å². The summed E-state index contributed by atoms with van der Waals surface area (Å²) in [7, 11) is -3.83. The van der Waals surface area contributed by atoms with Crippen molar-refractivity contribution in [3.8, 4) is 0 Å². The van der Waals surface area contributed by atoms with Gasteiger partial charge in [0.1, 0.15) is 5.76 Å². The van der Waals surface area contributed by atoms with Gasteiger partial charge in [-0.3, -0.25) is 4.79 Å². The lowest BCUT2D eigenvalue weighted by Gasteiger charge is -2.11. The number of fused-ring (bicyclic) bond motifs is 1. The average molecular weight is 454 g/mol. The summed E-state index contributed by atoms with van der Waals surface area (Å²) in [4.78, 5) is 17.3. The summed E-state index contributed by atoms with van der Waals surface area (Å²) < 4.78 is 34.8. The molecule has 0 aliphatic rings. The molecule has 0 saturated carbocycles. The largest absolute Gasteiger partial charge is 0.468 e. The molecule has 9 nitrogen and oxygen atoms in total. The Morgan fingerprint density at radius 1 is 1.19 bits per heavy atom. The van der Waals surface area contributed by atoms with Crippen LogP contribution in [0.5, 0.6) is 0 Å². The third kappa shape index (κ3) is 4.41. The minimum Gasteiger partial charge on any atom is -0.468 e. The highest BCUT2D eigenvalue weighted by Gasteiger charge is 2.19. The van der Waals surface area contributed by atoms with Crippen LogP contribution in [0.15, 0.2) is 64.4 Å². The van der Waals surface area contributed by atoms with E-state index in [1.807, 2.05) is 13.8 Å². The first-order valence-electron chi connectivity index (χ1n) is 10.0. The topological polar surface area (TPSA) is 119 Å². The molecule has 0 fully saturated rings. The van der Waals surface area contributed by atoms with Crippen LogP contribution in [0, 0.1) is 6.92 Å². The van der Waals surface area contributed by atoms with Gasteiger partial charge < -0.3 is 9.73 Å². The number of benzene rings is 1. The molecule has 3 heterocycles. The molecular formula is C22H23N5O4S. The van der Waals surface area contributed by atoms with Crippen LogP contribution in [-0.2, 0) is 16.6 Å². The van der Waals surface area contributed by atoms with Gasteiger partial charge in [0, 0.05) is 17.0 Å². The van der Waals surface area contributed by atoms with Crippen LogP contribution >= 0.6 is 0 Å². The SMILES string of the molecule is Cc1ccc(S(=O)(=O)NCc2ccco2)cc1C(=O)Nc1cnc2c(cnn2C(C)C)c1. The molecule has 4 aromatic rings. The molecule has 3 aromatic heterocycles. The van der Waals surface area contributed by atoms with E-state index in [1.165, 1.54) is 18.4 Å². The van der Waals surface area contributed by atoms with E-state index in [4.69, 9.17) is 4.42 Å². The molecule has 0 aliphatic heterocycles. The van der Waals surface area contributed by atoms with E-state index in [0.29, 0.717) is 17.0 Å². The van der Waals surface area contributed by atoms with E-state index >= 15 is 0 Å². The zero-order chi connectivity index (χ0) is 22.9. The lowest BCUT2D eigenvalue weighted by Crippen LogP contribution is -2.24. The Morgan fingerprint density at radius 2 is 2.00 bits per heavy atom. The van der Waals surface area contributed by atoms with Crippen molar-refractivity contribution in [1.82, 2.24) is 19.5 Å². The van der Waals surface area contributed by atoms with Crippen molar-refractivity contribution in [2.75, 3.05) is 5.32 Å². The number of sulfonamides is 1. The Balaban J connectivity index is 1.55. The highest BCUT2D eigenvalue weighted by Crippen LogP contribution is 2.21. The van der Waals surface area contributed by atoms with Crippen LogP contribution in [0.2, 0.25) is 0 Å². The lowest BCUT2D eigenvalue weighted by molar-refractivity contribution is 0.102. The summed E-state index contributed by atoms with van der Waals surface area (Å²) in [5.41, 5.74) is 2.12. The van der Waals surface area contributed by atoms with Crippen LogP contribution in [0.1, 0.15) is 41.6 Å². The van der Waals surface area contributed by atoms with Gasteiger partial charge in [-0.25, -0.2) is 22.8 Å². The first-order chi connectivity index (χ1) is 15.2. The van der Waals surface area contributed by atoms with Crippen molar-refractivity contribution in [2.24, 2.45) is 0 Å². The summed E-state index contributed by atoms with van der Waals surface area (Å²) in [5.74, 6) is 0.0605. The molecule has 4 rings (SSSR count). The minimum absolute atomic E-state index is 0.00778. The van der Waals surface area contributed by atoms with Gasteiger partial charge in [0.25, 0.3) is 5.91 Å². The highest BCUT2D eigenvalue weighted by atomic mass is 32.2. The maximum atomic E-state index is 12.9. The second kappa shape index (κ2) is 8.56. The Bertz CT molecular complexity index is 1370. The van der Waals surface area contributed by atoms with Crippen LogP contribution in [-0.4, -0.2) is 29.1 Å². The molecule has 0 unspecified atom stereocenters. The molecule has 0 atom stereocenters. The molecule has 0 spiro atoms. The number of carbonyl (C=O) groups is 1. The molecule has 1 aromatic carbocycles. The zero-order valence-electron chi connectivity index (χ0n) is 17.9. The second-order valence-corrected chi connectivity index (χ2v) is 9.42. The molecule has 10 heteroatoms. The average Bonchev–Trinajstić information content (AvgIpc) is 3.42. The molecule has 166 valence electrons. The summed E-state index contributed by atoms with van der Waals surface area (Å²) in [6.07, 6.45) is 4.72. The number of aryl methyl sites for hydroxylation is 1. The molecule has 0 saturated heterocycles. The number of pyridine rings is 1. The van der Waals surface area contributed by atoms with Crippen molar-refractivity contribution in [3.05, 3.63) is 71.9 Å². The first kappa shape index (κ1) is 21.7. The number of nitrogens with zero attached hydrogens (tertiary/aromatic N) is 3. The minimum atomic E-state index is -3.83. The molecule has 2 N–H and O–H groups in total. The monoisotopic (exact) mass is 453 g/mol. The number of rotatable bonds is 7. The van der Waals surface area contributed by atoms with Gasteiger partial charge in [-0.2, -0.15) is 5.10 Å². The quantitative estimate of drug-likeness (QED) is 0.441. The number of furan rings is 1. The number of anilines is 1. The highest BCUT2D eigenvalue weighted by molar-refractivity contribution is 7.89. The predicted molar refractivity (Wildman–Crippen MR) is 120 cm³/mol.